The van der Waals surface area contributed by atoms with Crippen LogP contribution in [0.15, 0.2) is 18.2 Å². The van der Waals surface area contributed by atoms with Crippen LogP contribution in [0.5, 0.6) is 5.75 Å². The molecule has 1 saturated heterocycles. The van der Waals surface area contributed by atoms with E-state index in [4.69, 9.17) is 14.0 Å². The second kappa shape index (κ2) is 5.57. The minimum Gasteiger partial charge on any atom is -0.497 e. The van der Waals surface area contributed by atoms with E-state index >= 15 is 0 Å². The van der Waals surface area contributed by atoms with Gasteiger partial charge in [0.05, 0.1) is 18.3 Å². The molecule has 1 aliphatic heterocycles. The third-order valence-corrected chi connectivity index (χ3v) is 4.26. The maximum Gasteiger partial charge on any atom is 0.498 e. The number of ether oxygens (including phenoxy) is 1. The predicted molar refractivity (Wildman–Crippen MR) is 78.5 cm³/mol. The highest BCUT2D eigenvalue weighted by Crippen LogP contribution is 2.37. The van der Waals surface area contributed by atoms with Crippen molar-refractivity contribution in [3.63, 3.8) is 0 Å². The highest BCUT2D eigenvalue weighted by Gasteiger charge is 2.52. The number of hydrogen-bond acceptors (Lipinski definition) is 3. The maximum atomic E-state index is 13.4. The Morgan fingerprint density at radius 1 is 1.19 bits per heavy atom. The van der Waals surface area contributed by atoms with Crippen LogP contribution in [0.3, 0.4) is 0 Å². The lowest BCUT2D eigenvalue weighted by Gasteiger charge is -2.32. The number of halogens is 2. The Morgan fingerprint density at radius 3 is 2.24 bits per heavy atom. The number of alkyl halides is 2. The van der Waals surface area contributed by atoms with Crippen molar-refractivity contribution < 1.29 is 22.8 Å². The third kappa shape index (κ3) is 2.92. The number of rotatable bonds is 4. The summed E-state index contributed by atoms with van der Waals surface area (Å²) >= 11 is 0. The second-order valence-corrected chi connectivity index (χ2v) is 6.21. The normalized spacial score (nSPS) is 21.4. The highest BCUT2D eigenvalue weighted by molar-refractivity contribution is 6.63. The lowest BCUT2D eigenvalue weighted by Crippen LogP contribution is -2.41. The van der Waals surface area contributed by atoms with Gasteiger partial charge in [0.25, 0.3) is 0 Å². The Kier molecular flexibility index (Phi) is 4.31. The molecule has 21 heavy (non-hydrogen) atoms. The van der Waals surface area contributed by atoms with E-state index < -0.39 is 31.2 Å². The minimum absolute atomic E-state index is 0.245. The van der Waals surface area contributed by atoms with Gasteiger partial charge >= 0.3 is 7.12 Å². The SMILES string of the molecule is COc1cc(C(F)CF)ccc1B1OC(C)(C)C(C)(C)O1. The van der Waals surface area contributed by atoms with Gasteiger partial charge in [0.1, 0.15) is 12.4 Å². The van der Waals surface area contributed by atoms with Crippen LogP contribution in [0, 0.1) is 0 Å². The molecule has 0 radical (unpaired) electrons. The van der Waals surface area contributed by atoms with Crippen LogP contribution in [0.1, 0.15) is 39.4 Å². The average Bonchev–Trinajstić information content (AvgIpc) is 2.65. The summed E-state index contributed by atoms with van der Waals surface area (Å²) in [5.41, 5.74) is -0.0215. The molecule has 1 fully saturated rings. The molecule has 0 amide bonds. The second-order valence-electron chi connectivity index (χ2n) is 6.21. The first-order valence-electron chi connectivity index (χ1n) is 6.95. The van der Waals surface area contributed by atoms with Gasteiger partial charge in [-0.1, -0.05) is 12.1 Å². The summed E-state index contributed by atoms with van der Waals surface area (Å²) in [4.78, 5) is 0. The molecule has 0 saturated carbocycles. The molecule has 1 aliphatic rings. The van der Waals surface area contributed by atoms with E-state index in [2.05, 4.69) is 0 Å². The van der Waals surface area contributed by atoms with Gasteiger partial charge in [0, 0.05) is 5.46 Å². The lowest BCUT2D eigenvalue weighted by atomic mass is 9.77. The zero-order valence-electron chi connectivity index (χ0n) is 13.1. The first kappa shape index (κ1) is 16.2. The average molecular weight is 298 g/mol. The number of benzene rings is 1. The summed E-state index contributed by atoms with van der Waals surface area (Å²) in [6.45, 7) is 6.76. The zero-order valence-corrected chi connectivity index (χ0v) is 13.1. The van der Waals surface area contributed by atoms with Crippen molar-refractivity contribution in [3.8, 4) is 5.75 Å². The van der Waals surface area contributed by atoms with Crippen molar-refractivity contribution in [2.45, 2.75) is 45.1 Å². The fourth-order valence-corrected chi connectivity index (χ4v) is 2.18. The van der Waals surface area contributed by atoms with Gasteiger partial charge in [0.15, 0.2) is 6.17 Å². The predicted octanol–water partition coefficient (Wildman–Crippen LogP) is 2.97. The summed E-state index contributed by atoms with van der Waals surface area (Å²) in [6, 6.07) is 4.69. The van der Waals surface area contributed by atoms with Gasteiger partial charge in [-0.3, -0.25) is 0 Å². The molecule has 1 unspecified atom stereocenters. The Balaban J connectivity index is 2.33. The van der Waals surface area contributed by atoms with E-state index in [0.29, 0.717) is 11.2 Å². The molecule has 2 rings (SSSR count). The quantitative estimate of drug-likeness (QED) is 0.800. The molecule has 0 bridgehead atoms. The van der Waals surface area contributed by atoms with E-state index in [1.807, 2.05) is 27.7 Å². The molecule has 1 aromatic rings. The first-order valence-corrected chi connectivity index (χ1v) is 6.95. The third-order valence-electron chi connectivity index (χ3n) is 4.26. The summed E-state index contributed by atoms with van der Waals surface area (Å²) in [5.74, 6) is 0.433. The Morgan fingerprint density at radius 2 is 1.76 bits per heavy atom. The van der Waals surface area contributed by atoms with Crippen molar-refractivity contribution in [2.24, 2.45) is 0 Å². The van der Waals surface area contributed by atoms with Crippen LogP contribution < -0.4 is 10.2 Å². The number of hydrogen-bond donors (Lipinski definition) is 0. The van der Waals surface area contributed by atoms with Crippen LogP contribution in [0.4, 0.5) is 8.78 Å². The molecule has 0 N–H and O–H groups in total. The van der Waals surface area contributed by atoms with Crippen LogP contribution in [0.2, 0.25) is 0 Å². The summed E-state index contributed by atoms with van der Waals surface area (Å²) < 4.78 is 43.1. The van der Waals surface area contributed by atoms with Crippen LogP contribution in [-0.2, 0) is 9.31 Å². The van der Waals surface area contributed by atoms with E-state index in [0.717, 1.165) is 0 Å². The van der Waals surface area contributed by atoms with Gasteiger partial charge in [-0.25, -0.2) is 8.78 Å². The smallest absolute Gasteiger partial charge is 0.497 e. The monoisotopic (exact) mass is 298 g/mol. The Hall–Kier alpha value is -1.14. The van der Waals surface area contributed by atoms with Crippen molar-refractivity contribution in [1.82, 2.24) is 0 Å². The molecule has 1 aromatic carbocycles. The van der Waals surface area contributed by atoms with Crippen molar-refractivity contribution >= 4 is 12.6 Å². The fraction of sp³-hybridized carbons (Fsp3) is 0.600. The summed E-state index contributed by atoms with van der Waals surface area (Å²) in [7, 11) is 0.888. The Labute approximate surface area is 124 Å². The topological polar surface area (TPSA) is 27.7 Å². The number of methoxy groups -OCH3 is 1. The molecular formula is C15H21BF2O3. The molecule has 1 atom stereocenters. The molecule has 1 heterocycles. The van der Waals surface area contributed by atoms with Gasteiger partial charge in [0.2, 0.25) is 0 Å². The van der Waals surface area contributed by atoms with Crippen molar-refractivity contribution in [2.75, 3.05) is 13.8 Å². The van der Waals surface area contributed by atoms with E-state index in [1.165, 1.54) is 19.2 Å². The van der Waals surface area contributed by atoms with Crippen molar-refractivity contribution in [3.05, 3.63) is 23.8 Å². The largest absolute Gasteiger partial charge is 0.498 e. The van der Waals surface area contributed by atoms with Gasteiger partial charge in [-0.05, 0) is 39.3 Å². The molecule has 6 heteroatoms. The summed E-state index contributed by atoms with van der Waals surface area (Å²) in [5, 5.41) is 0. The Bertz CT molecular complexity index is 504. The van der Waals surface area contributed by atoms with Crippen LogP contribution >= 0.6 is 0 Å². The minimum atomic E-state index is -1.65. The molecule has 3 nitrogen and oxygen atoms in total. The highest BCUT2D eigenvalue weighted by atomic mass is 19.2. The lowest BCUT2D eigenvalue weighted by molar-refractivity contribution is 0.00578. The van der Waals surface area contributed by atoms with Gasteiger partial charge in [-0.15, -0.1) is 0 Å². The molecule has 116 valence electrons. The molecular weight excluding hydrogens is 277 g/mol. The van der Waals surface area contributed by atoms with Crippen LogP contribution in [0.25, 0.3) is 0 Å². The van der Waals surface area contributed by atoms with Gasteiger partial charge in [-0.2, -0.15) is 0 Å². The molecule has 0 aromatic heterocycles. The van der Waals surface area contributed by atoms with Crippen molar-refractivity contribution in [1.29, 1.82) is 0 Å². The van der Waals surface area contributed by atoms with E-state index in [1.54, 1.807) is 6.07 Å². The first-order chi connectivity index (χ1) is 9.71. The van der Waals surface area contributed by atoms with Crippen LogP contribution in [-0.4, -0.2) is 32.1 Å². The summed E-state index contributed by atoms with van der Waals surface area (Å²) in [6.07, 6.45) is -1.65. The van der Waals surface area contributed by atoms with E-state index in [9.17, 15) is 8.78 Å². The zero-order chi connectivity index (χ0) is 15.8. The standard InChI is InChI=1S/C15H21BF2O3/c1-14(2)15(3,4)21-16(20-14)11-7-6-10(12(18)9-17)8-13(11)19-5/h6-8,12H,9H2,1-5H3. The molecule has 0 aliphatic carbocycles. The fourth-order valence-electron chi connectivity index (χ4n) is 2.18. The maximum absolute atomic E-state index is 13.4. The molecule has 0 spiro atoms. The van der Waals surface area contributed by atoms with Gasteiger partial charge < -0.3 is 14.0 Å². The van der Waals surface area contributed by atoms with E-state index in [-0.39, 0.29) is 5.56 Å².